The first-order valence-electron chi connectivity index (χ1n) is 8.17. The number of carboxylic acids is 1. The van der Waals surface area contributed by atoms with E-state index in [1.807, 2.05) is 6.92 Å². The van der Waals surface area contributed by atoms with Gasteiger partial charge in [0.25, 0.3) is 0 Å². The molecular weight excluding hydrogens is 366 g/mol. The minimum Gasteiger partial charge on any atom is -0.479 e. The number of carbonyl (C=O) groups excluding carboxylic acids is 1. The first-order chi connectivity index (χ1) is 11.7. The van der Waals surface area contributed by atoms with Crippen molar-refractivity contribution in [2.75, 3.05) is 11.5 Å². The van der Waals surface area contributed by atoms with Crippen LogP contribution < -0.4 is 5.32 Å². The van der Waals surface area contributed by atoms with E-state index in [1.54, 1.807) is 6.92 Å². The Hall–Kier alpha value is -1.60. The number of amides is 1. The number of aliphatic carboxylic acids is 1. The fraction of sp³-hybridized carbons (Fsp3) is 0.529. The molecule has 1 unspecified atom stereocenters. The second-order valence-corrected chi connectivity index (χ2v) is 8.54. The standard InChI is InChI=1S/C17H24ClNO5S/c1-3-5-6-11-25(23,24)12-15(20)19-17(4-2,16(21)22)13-7-9-14(18)10-8-13/h7-10H,3-6,11-12H2,1-2H3,(H,19,20)(H,21,22). The lowest BCUT2D eigenvalue weighted by molar-refractivity contribution is -0.148. The molecule has 1 rings (SSSR count). The molecule has 0 aliphatic carbocycles. The van der Waals surface area contributed by atoms with Crippen LogP contribution in [0.3, 0.4) is 0 Å². The number of hydrogen-bond donors (Lipinski definition) is 2. The van der Waals surface area contributed by atoms with Gasteiger partial charge in [-0.1, -0.05) is 50.4 Å². The third kappa shape index (κ3) is 6.01. The fourth-order valence-corrected chi connectivity index (χ4v) is 3.93. The van der Waals surface area contributed by atoms with E-state index >= 15 is 0 Å². The molecule has 0 saturated heterocycles. The molecule has 1 atom stereocenters. The van der Waals surface area contributed by atoms with Gasteiger partial charge in [-0.15, -0.1) is 0 Å². The summed E-state index contributed by atoms with van der Waals surface area (Å²) in [7, 11) is -3.57. The van der Waals surface area contributed by atoms with E-state index in [4.69, 9.17) is 11.6 Å². The van der Waals surface area contributed by atoms with Crippen molar-refractivity contribution in [3.05, 3.63) is 34.9 Å². The summed E-state index contributed by atoms with van der Waals surface area (Å²) in [6.45, 7) is 3.56. The summed E-state index contributed by atoms with van der Waals surface area (Å²) in [6, 6.07) is 6.07. The van der Waals surface area contributed by atoms with Crippen LogP contribution in [0, 0.1) is 0 Å². The summed E-state index contributed by atoms with van der Waals surface area (Å²) in [5.41, 5.74) is -1.36. The molecule has 6 nitrogen and oxygen atoms in total. The maximum Gasteiger partial charge on any atom is 0.334 e. The highest BCUT2D eigenvalue weighted by Gasteiger charge is 2.40. The number of nitrogens with one attached hydrogen (secondary N) is 1. The summed E-state index contributed by atoms with van der Waals surface area (Å²) < 4.78 is 24.0. The van der Waals surface area contributed by atoms with Crippen molar-refractivity contribution in [3.63, 3.8) is 0 Å². The third-order valence-corrected chi connectivity index (χ3v) is 5.86. The molecule has 2 N–H and O–H groups in total. The van der Waals surface area contributed by atoms with Gasteiger partial charge >= 0.3 is 5.97 Å². The molecule has 25 heavy (non-hydrogen) atoms. The van der Waals surface area contributed by atoms with Crippen LogP contribution in [-0.2, 0) is 25.0 Å². The van der Waals surface area contributed by atoms with Crippen LogP contribution in [0.5, 0.6) is 0 Å². The normalized spacial score (nSPS) is 13.9. The molecule has 0 spiro atoms. The maximum atomic E-state index is 12.2. The van der Waals surface area contributed by atoms with Gasteiger partial charge < -0.3 is 10.4 Å². The molecule has 1 aromatic carbocycles. The number of rotatable bonds is 10. The van der Waals surface area contributed by atoms with Crippen molar-refractivity contribution >= 4 is 33.3 Å². The molecule has 0 aliphatic rings. The summed E-state index contributed by atoms with van der Waals surface area (Å²) in [5.74, 6) is -2.88. The Morgan fingerprint density at radius 2 is 1.76 bits per heavy atom. The van der Waals surface area contributed by atoms with E-state index in [0.29, 0.717) is 17.0 Å². The summed E-state index contributed by atoms with van der Waals surface area (Å²) in [4.78, 5) is 24.1. The fourth-order valence-electron chi connectivity index (χ4n) is 2.55. The molecule has 0 radical (unpaired) electrons. The van der Waals surface area contributed by atoms with Crippen molar-refractivity contribution in [2.45, 2.75) is 45.1 Å². The Morgan fingerprint density at radius 3 is 2.24 bits per heavy atom. The zero-order chi connectivity index (χ0) is 19.1. The van der Waals surface area contributed by atoms with E-state index in [9.17, 15) is 23.1 Å². The van der Waals surface area contributed by atoms with Gasteiger partial charge in [0.15, 0.2) is 15.4 Å². The quantitative estimate of drug-likeness (QED) is 0.599. The highest BCUT2D eigenvalue weighted by Crippen LogP contribution is 2.27. The topological polar surface area (TPSA) is 101 Å². The molecule has 140 valence electrons. The minimum atomic E-state index is -3.57. The van der Waals surface area contributed by atoms with E-state index < -0.39 is 33.0 Å². The number of hydrogen-bond acceptors (Lipinski definition) is 4. The van der Waals surface area contributed by atoms with Crippen LogP contribution in [0.1, 0.15) is 45.1 Å². The molecule has 0 fully saturated rings. The Balaban J connectivity index is 2.97. The number of benzene rings is 1. The van der Waals surface area contributed by atoms with Gasteiger partial charge in [0.05, 0.1) is 5.75 Å². The summed E-state index contributed by atoms with van der Waals surface area (Å²) in [6.07, 6.45) is 2.18. The largest absolute Gasteiger partial charge is 0.479 e. The number of carboxylic acid groups (broad SMARTS) is 1. The monoisotopic (exact) mass is 389 g/mol. The predicted octanol–water partition coefficient (Wildman–Crippen LogP) is 2.75. The van der Waals surface area contributed by atoms with Crippen LogP contribution in [0.15, 0.2) is 24.3 Å². The first kappa shape index (κ1) is 21.4. The number of unbranched alkanes of at least 4 members (excludes halogenated alkanes) is 2. The molecule has 0 aromatic heterocycles. The summed E-state index contributed by atoms with van der Waals surface area (Å²) in [5, 5.41) is 12.5. The third-order valence-electron chi connectivity index (χ3n) is 4.00. The van der Waals surface area contributed by atoms with Crippen molar-refractivity contribution < 1.29 is 23.1 Å². The highest BCUT2D eigenvalue weighted by molar-refractivity contribution is 7.92. The SMILES string of the molecule is CCCCCS(=O)(=O)CC(=O)NC(CC)(C(=O)O)c1ccc(Cl)cc1. The van der Waals surface area contributed by atoms with Crippen molar-refractivity contribution in [3.8, 4) is 0 Å². The summed E-state index contributed by atoms with van der Waals surface area (Å²) >= 11 is 5.82. The zero-order valence-electron chi connectivity index (χ0n) is 14.4. The predicted molar refractivity (Wildman–Crippen MR) is 97.4 cm³/mol. The number of halogens is 1. The lowest BCUT2D eigenvalue weighted by Gasteiger charge is -2.30. The van der Waals surface area contributed by atoms with Gasteiger partial charge in [0.2, 0.25) is 5.91 Å². The molecule has 0 saturated carbocycles. The molecule has 0 bridgehead atoms. The molecule has 1 amide bonds. The van der Waals surface area contributed by atoms with Crippen LogP contribution in [0.4, 0.5) is 0 Å². The maximum absolute atomic E-state index is 12.2. The molecule has 0 aliphatic heterocycles. The average molecular weight is 390 g/mol. The zero-order valence-corrected chi connectivity index (χ0v) is 16.0. The number of carbonyl (C=O) groups is 2. The van der Waals surface area contributed by atoms with Crippen molar-refractivity contribution in [1.29, 1.82) is 0 Å². The van der Waals surface area contributed by atoms with E-state index in [2.05, 4.69) is 5.32 Å². The van der Waals surface area contributed by atoms with E-state index in [1.165, 1.54) is 24.3 Å². The average Bonchev–Trinajstić information content (AvgIpc) is 2.52. The van der Waals surface area contributed by atoms with E-state index in [-0.39, 0.29) is 12.2 Å². The van der Waals surface area contributed by atoms with Crippen molar-refractivity contribution in [1.82, 2.24) is 5.32 Å². The number of sulfone groups is 1. The lowest BCUT2D eigenvalue weighted by Crippen LogP contribution is -2.53. The molecule has 0 heterocycles. The molecule has 8 heteroatoms. The van der Waals surface area contributed by atoms with Gasteiger partial charge in [-0.05, 0) is 30.5 Å². The first-order valence-corrected chi connectivity index (χ1v) is 10.4. The van der Waals surface area contributed by atoms with E-state index in [0.717, 1.165) is 12.8 Å². The highest BCUT2D eigenvalue weighted by atomic mass is 35.5. The second-order valence-electron chi connectivity index (χ2n) is 5.92. The Bertz CT molecular complexity index is 702. The van der Waals surface area contributed by atoms with Gasteiger partial charge in [0, 0.05) is 5.02 Å². The van der Waals surface area contributed by atoms with Gasteiger partial charge in [0.1, 0.15) is 5.75 Å². The Morgan fingerprint density at radius 1 is 1.16 bits per heavy atom. The van der Waals surface area contributed by atoms with Crippen LogP contribution >= 0.6 is 11.6 Å². The Labute approximate surface area is 153 Å². The van der Waals surface area contributed by atoms with Crippen LogP contribution in [-0.4, -0.2) is 36.9 Å². The van der Waals surface area contributed by atoms with Gasteiger partial charge in [-0.3, -0.25) is 4.79 Å². The van der Waals surface area contributed by atoms with Gasteiger partial charge in [-0.2, -0.15) is 0 Å². The minimum absolute atomic E-state index is 0.0611. The van der Waals surface area contributed by atoms with Crippen LogP contribution in [0.2, 0.25) is 5.02 Å². The molecule has 1 aromatic rings. The second kappa shape index (κ2) is 9.20. The molecular formula is C17H24ClNO5S. The smallest absolute Gasteiger partial charge is 0.334 e. The van der Waals surface area contributed by atoms with Crippen molar-refractivity contribution in [2.24, 2.45) is 0 Å². The Kier molecular flexibility index (Phi) is 7.89. The van der Waals surface area contributed by atoms with Crippen LogP contribution in [0.25, 0.3) is 0 Å². The lowest BCUT2D eigenvalue weighted by atomic mass is 9.87. The van der Waals surface area contributed by atoms with Gasteiger partial charge in [-0.25, -0.2) is 13.2 Å².